The van der Waals surface area contributed by atoms with E-state index in [0.29, 0.717) is 25.8 Å². The van der Waals surface area contributed by atoms with Crippen molar-refractivity contribution in [2.45, 2.75) is 57.8 Å². The fraction of sp³-hybridized carbons (Fsp3) is 0.667. The van der Waals surface area contributed by atoms with Gasteiger partial charge in [-0.05, 0) is 31.2 Å². The molecule has 0 radical (unpaired) electrons. The van der Waals surface area contributed by atoms with Crippen LogP contribution in [0, 0.1) is 5.92 Å². The SMILES string of the molecule is C[C@@H](NCC(O)COCc1ccccc1)C1CCCCC1. The van der Waals surface area contributed by atoms with Gasteiger partial charge < -0.3 is 15.2 Å². The zero-order valence-corrected chi connectivity index (χ0v) is 13.1. The van der Waals surface area contributed by atoms with Gasteiger partial charge in [-0.2, -0.15) is 0 Å². The molecular weight excluding hydrogens is 262 g/mol. The Morgan fingerprint density at radius 2 is 1.90 bits per heavy atom. The number of nitrogens with one attached hydrogen (secondary N) is 1. The van der Waals surface area contributed by atoms with E-state index in [-0.39, 0.29) is 0 Å². The summed E-state index contributed by atoms with van der Waals surface area (Å²) in [5.41, 5.74) is 1.15. The zero-order chi connectivity index (χ0) is 14.9. The minimum absolute atomic E-state index is 0.388. The van der Waals surface area contributed by atoms with Gasteiger partial charge in [0.05, 0.1) is 19.3 Å². The molecular formula is C18H29NO2. The van der Waals surface area contributed by atoms with Crippen molar-refractivity contribution in [2.24, 2.45) is 5.92 Å². The van der Waals surface area contributed by atoms with Gasteiger partial charge in [0, 0.05) is 12.6 Å². The van der Waals surface area contributed by atoms with Crippen molar-refractivity contribution in [3.05, 3.63) is 35.9 Å². The standard InChI is InChI=1S/C18H29NO2/c1-15(17-10-6-3-7-11-17)19-12-18(20)14-21-13-16-8-4-2-5-9-16/h2,4-5,8-9,15,17-20H,3,6-7,10-14H2,1H3/t15-,18?/m1/s1. The fourth-order valence-electron chi connectivity index (χ4n) is 3.07. The van der Waals surface area contributed by atoms with Crippen LogP contribution in [0.3, 0.4) is 0 Å². The summed E-state index contributed by atoms with van der Waals surface area (Å²) in [6.07, 6.45) is 6.33. The lowest BCUT2D eigenvalue weighted by atomic mass is 9.84. The largest absolute Gasteiger partial charge is 0.389 e. The van der Waals surface area contributed by atoms with Gasteiger partial charge in [-0.15, -0.1) is 0 Å². The Hall–Kier alpha value is -0.900. The lowest BCUT2D eigenvalue weighted by Gasteiger charge is -2.29. The molecule has 1 aromatic rings. The molecule has 1 aliphatic carbocycles. The van der Waals surface area contributed by atoms with Gasteiger partial charge in [-0.3, -0.25) is 0 Å². The molecule has 21 heavy (non-hydrogen) atoms. The molecule has 1 aromatic carbocycles. The van der Waals surface area contributed by atoms with Crippen molar-refractivity contribution < 1.29 is 9.84 Å². The summed E-state index contributed by atoms with van der Waals surface area (Å²) in [5.74, 6) is 0.774. The highest BCUT2D eigenvalue weighted by Crippen LogP contribution is 2.26. The van der Waals surface area contributed by atoms with Crippen LogP contribution >= 0.6 is 0 Å². The molecule has 118 valence electrons. The van der Waals surface area contributed by atoms with Gasteiger partial charge in [-0.25, -0.2) is 0 Å². The van der Waals surface area contributed by atoms with Crippen LogP contribution in [0.25, 0.3) is 0 Å². The highest BCUT2D eigenvalue weighted by atomic mass is 16.5. The van der Waals surface area contributed by atoms with E-state index in [1.54, 1.807) is 0 Å². The van der Waals surface area contributed by atoms with Crippen LogP contribution in [0.4, 0.5) is 0 Å². The maximum Gasteiger partial charge on any atom is 0.0897 e. The molecule has 1 fully saturated rings. The third kappa shape index (κ3) is 6.16. The van der Waals surface area contributed by atoms with Crippen molar-refractivity contribution >= 4 is 0 Å². The molecule has 0 aromatic heterocycles. The molecule has 3 nitrogen and oxygen atoms in total. The van der Waals surface area contributed by atoms with Gasteiger partial charge >= 0.3 is 0 Å². The lowest BCUT2D eigenvalue weighted by molar-refractivity contribution is 0.0266. The van der Waals surface area contributed by atoms with E-state index in [0.717, 1.165) is 11.5 Å². The quantitative estimate of drug-likeness (QED) is 0.773. The van der Waals surface area contributed by atoms with Gasteiger partial charge in [-0.1, -0.05) is 49.6 Å². The molecule has 0 heterocycles. The number of aliphatic hydroxyl groups excluding tert-OH is 1. The summed E-state index contributed by atoms with van der Waals surface area (Å²) < 4.78 is 5.57. The van der Waals surface area contributed by atoms with Crippen molar-refractivity contribution in [3.8, 4) is 0 Å². The molecule has 0 saturated heterocycles. The van der Waals surface area contributed by atoms with Gasteiger partial charge in [0.25, 0.3) is 0 Å². The molecule has 1 unspecified atom stereocenters. The third-order valence-electron chi connectivity index (χ3n) is 4.45. The Morgan fingerprint density at radius 1 is 1.19 bits per heavy atom. The molecule has 1 aliphatic rings. The van der Waals surface area contributed by atoms with Crippen LogP contribution in [0.1, 0.15) is 44.6 Å². The number of hydrogen-bond acceptors (Lipinski definition) is 3. The Labute approximate surface area is 128 Å². The summed E-state index contributed by atoms with van der Waals surface area (Å²) >= 11 is 0. The van der Waals surface area contributed by atoms with Crippen LogP contribution in [-0.2, 0) is 11.3 Å². The molecule has 2 rings (SSSR count). The van der Waals surface area contributed by atoms with Gasteiger partial charge in [0.2, 0.25) is 0 Å². The number of hydrogen-bond donors (Lipinski definition) is 2. The molecule has 2 N–H and O–H groups in total. The molecule has 3 heteroatoms. The predicted octanol–water partition coefficient (Wildman–Crippen LogP) is 3.12. The van der Waals surface area contributed by atoms with Crippen LogP contribution < -0.4 is 5.32 Å². The molecule has 2 atom stereocenters. The van der Waals surface area contributed by atoms with Gasteiger partial charge in [0.15, 0.2) is 0 Å². The molecule has 0 amide bonds. The van der Waals surface area contributed by atoms with Crippen LogP contribution in [0.2, 0.25) is 0 Å². The number of aliphatic hydroxyl groups is 1. The van der Waals surface area contributed by atoms with Crippen LogP contribution in [-0.4, -0.2) is 30.4 Å². The second kappa shape index (κ2) is 9.19. The summed E-state index contributed by atoms with van der Waals surface area (Å²) in [6.45, 7) is 3.81. The van der Waals surface area contributed by atoms with E-state index >= 15 is 0 Å². The third-order valence-corrected chi connectivity index (χ3v) is 4.45. The first-order chi connectivity index (χ1) is 10.3. The Balaban J connectivity index is 1.57. The van der Waals surface area contributed by atoms with Crippen molar-refractivity contribution in [1.29, 1.82) is 0 Å². The Bertz CT molecular complexity index is 376. The number of rotatable bonds is 8. The maximum absolute atomic E-state index is 9.99. The lowest BCUT2D eigenvalue weighted by Crippen LogP contribution is -2.40. The highest BCUT2D eigenvalue weighted by Gasteiger charge is 2.20. The van der Waals surface area contributed by atoms with E-state index in [9.17, 15) is 5.11 Å². The van der Waals surface area contributed by atoms with E-state index < -0.39 is 6.10 Å². The van der Waals surface area contributed by atoms with E-state index in [4.69, 9.17) is 4.74 Å². The van der Waals surface area contributed by atoms with Gasteiger partial charge in [0.1, 0.15) is 0 Å². The smallest absolute Gasteiger partial charge is 0.0897 e. The number of benzene rings is 1. The van der Waals surface area contributed by atoms with E-state index in [1.165, 1.54) is 32.1 Å². The van der Waals surface area contributed by atoms with Crippen molar-refractivity contribution in [3.63, 3.8) is 0 Å². The maximum atomic E-state index is 9.99. The second-order valence-corrected chi connectivity index (χ2v) is 6.25. The van der Waals surface area contributed by atoms with Crippen molar-refractivity contribution in [2.75, 3.05) is 13.2 Å². The predicted molar refractivity (Wildman–Crippen MR) is 86.1 cm³/mol. The highest BCUT2D eigenvalue weighted by molar-refractivity contribution is 5.13. The van der Waals surface area contributed by atoms with Crippen LogP contribution in [0.15, 0.2) is 30.3 Å². The summed E-state index contributed by atoms with van der Waals surface area (Å²) in [4.78, 5) is 0. The molecule has 0 aliphatic heterocycles. The van der Waals surface area contributed by atoms with E-state index in [1.807, 2.05) is 30.3 Å². The normalized spacial score (nSPS) is 19.3. The number of ether oxygens (including phenoxy) is 1. The minimum Gasteiger partial charge on any atom is -0.389 e. The second-order valence-electron chi connectivity index (χ2n) is 6.25. The average Bonchev–Trinajstić information content (AvgIpc) is 2.54. The minimum atomic E-state index is -0.431. The monoisotopic (exact) mass is 291 g/mol. The van der Waals surface area contributed by atoms with Crippen molar-refractivity contribution in [1.82, 2.24) is 5.32 Å². The molecule has 0 spiro atoms. The molecule has 0 bridgehead atoms. The summed E-state index contributed by atoms with van der Waals surface area (Å²) in [7, 11) is 0. The molecule has 1 saturated carbocycles. The van der Waals surface area contributed by atoms with E-state index in [2.05, 4.69) is 12.2 Å². The first-order valence-electron chi connectivity index (χ1n) is 8.29. The zero-order valence-electron chi connectivity index (χ0n) is 13.1. The first-order valence-corrected chi connectivity index (χ1v) is 8.29. The topological polar surface area (TPSA) is 41.5 Å². The Kier molecular flexibility index (Phi) is 7.20. The Morgan fingerprint density at radius 3 is 2.62 bits per heavy atom. The summed E-state index contributed by atoms with van der Waals surface area (Å²) in [6, 6.07) is 10.6. The van der Waals surface area contributed by atoms with Crippen LogP contribution in [0.5, 0.6) is 0 Å². The fourth-order valence-corrected chi connectivity index (χ4v) is 3.07. The average molecular weight is 291 g/mol. The summed E-state index contributed by atoms with van der Waals surface area (Å²) in [5, 5.41) is 13.5. The first kappa shape index (κ1) is 16.5.